The molecular formula is C23H19N5O4. The SMILES string of the molecule is C/C(=N\NC(=O)c1ccc(C(=O)O)cc1)c1c(C)[nH]n(-c2ccc3ccccc3n2)c1=O. The fraction of sp³-hybridized carbons (Fsp3) is 0.0870. The lowest BCUT2D eigenvalue weighted by Gasteiger charge is -2.03. The first-order valence-electron chi connectivity index (χ1n) is 9.71. The lowest BCUT2D eigenvalue weighted by molar-refractivity contribution is 0.0696. The number of pyridine rings is 1. The third kappa shape index (κ3) is 3.91. The minimum Gasteiger partial charge on any atom is -0.478 e. The molecule has 0 saturated heterocycles. The topological polar surface area (TPSA) is 129 Å². The fourth-order valence-corrected chi connectivity index (χ4v) is 3.33. The van der Waals surface area contributed by atoms with E-state index in [1.165, 1.54) is 28.9 Å². The summed E-state index contributed by atoms with van der Waals surface area (Å²) in [6.45, 7) is 3.35. The van der Waals surface area contributed by atoms with E-state index in [0.29, 0.717) is 22.8 Å². The molecule has 9 nitrogen and oxygen atoms in total. The second-order valence-corrected chi connectivity index (χ2v) is 7.14. The van der Waals surface area contributed by atoms with Crippen LogP contribution in [0.2, 0.25) is 0 Å². The van der Waals surface area contributed by atoms with Gasteiger partial charge in [-0.2, -0.15) is 5.10 Å². The molecule has 2 aromatic heterocycles. The Morgan fingerprint density at radius 1 is 1.03 bits per heavy atom. The molecule has 3 N–H and O–H groups in total. The zero-order valence-electron chi connectivity index (χ0n) is 17.3. The molecule has 0 aliphatic heterocycles. The van der Waals surface area contributed by atoms with Gasteiger partial charge in [0.05, 0.1) is 22.4 Å². The van der Waals surface area contributed by atoms with Gasteiger partial charge in [-0.05, 0) is 56.3 Å². The molecule has 4 rings (SSSR count). The molecule has 0 aliphatic carbocycles. The highest BCUT2D eigenvalue weighted by Crippen LogP contribution is 2.14. The lowest BCUT2D eigenvalue weighted by atomic mass is 10.1. The van der Waals surface area contributed by atoms with Crippen LogP contribution in [0.3, 0.4) is 0 Å². The Bertz CT molecular complexity index is 1430. The Morgan fingerprint density at radius 2 is 1.72 bits per heavy atom. The highest BCUT2D eigenvalue weighted by atomic mass is 16.4. The number of hydrogen-bond donors (Lipinski definition) is 3. The number of aryl methyl sites for hydroxylation is 1. The first-order valence-corrected chi connectivity index (χ1v) is 9.71. The summed E-state index contributed by atoms with van der Waals surface area (Å²) in [5.41, 5.74) is 4.35. The van der Waals surface area contributed by atoms with Crippen LogP contribution in [0, 0.1) is 6.92 Å². The van der Waals surface area contributed by atoms with Crippen LogP contribution in [0.4, 0.5) is 0 Å². The van der Waals surface area contributed by atoms with E-state index in [0.717, 1.165) is 10.9 Å². The first kappa shape index (κ1) is 20.7. The van der Waals surface area contributed by atoms with Gasteiger partial charge in [0.15, 0.2) is 5.82 Å². The van der Waals surface area contributed by atoms with Crippen LogP contribution in [-0.2, 0) is 0 Å². The second kappa shape index (κ2) is 8.31. The van der Waals surface area contributed by atoms with Crippen LogP contribution in [0.1, 0.15) is 38.9 Å². The Kier molecular flexibility index (Phi) is 5.38. The molecule has 4 aromatic rings. The van der Waals surface area contributed by atoms with Gasteiger partial charge in [-0.1, -0.05) is 18.2 Å². The number of amides is 1. The summed E-state index contributed by atoms with van der Waals surface area (Å²) >= 11 is 0. The van der Waals surface area contributed by atoms with E-state index in [2.05, 4.69) is 20.6 Å². The number of para-hydroxylation sites is 1. The lowest BCUT2D eigenvalue weighted by Crippen LogP contribution is -2.23. The van der Waals surface area contributed by atoms with Gasteiger partial charge in [0, 0.05) is 16.6 Å². The molecule has 9 heteroatoms. The largest absolute Gasteiger partial charge is 0.478 e. The predicted molar refractivity (Wildman–Crippen MR) is 120 cm³/mol. The smallest absolute Gasteiger partial charge is 0.335 e. The van der Waals surface area contributed by atoms with Gasteiger partial charge >= 0.3 is 5.97 Å². The molecule has 0 saturated carbocycles. The van der Waals surface area contributed by atoms with Gasteiger partial charge in [0.2, 0.25) is 0 Å². The van der Waals surface area contributed by atoms with Crippen LogP contribution >= 0.6 is 0 Å². The molecule has 2 aromatic carbocycles. The van der Waals surface area contributed by atoms with Crippen molar-refractivity contribution in [2.45, 2.75) is 13.8 Å². The minimum absolute atomic E-state index is 0.0760. The monoisotopic (exact) mass is 429 g/mol. The number of nitrogens with one attached hydrogen (secondary N) is 2. The highest BCUT2D eigenvalue weighted by molar-refractivity contribution is 6.01. The van der Waals surface area contributed by atoms with Crippen LogP contribution < -0.4 is 11.0 Å². The third-order valence-corrected chi connectivity index (χ3v) is 4.97. The number of aromatic carboxylic acids is 1. The van der Waals surface area contributed by atoms with E-state index in [4.69, 9.17) is 5.11 Å². The van der Waals surface area contributed by atoms with Crippen molar-refractivity contribution in [2.75, 3.05) is 0 Å². The number of hydrazone groups is 1. The summed E-state index contributed by atoms with van der Waals surface area (Å²) in [6, 6.07) is 16.7. The first-order chi connectivity index (χ1) is 15.3. The number of carbonyl (C=O) groups is 2. The van der Waals surface area contributed by atoms with E-state index >= 15 is 0 Å². The summed E-state index contributed by atoms with van der Waals surface area (Å²) < 4.78 is 1.34. The second-order valence-electron chi connectivity index (χ2n) is 7.14. The average molecular weight is 429 g/mol. The van der Waals surface area contributed by atoms with Gasteiger partial charge in [-0.25, -0.2) is 19.9 Å². The number of H-pyrrole nitrogens is 1. The number of carbonyl (C=O) groups excluding carboxylic acids is 1. The average Bonchev–Trinajstić information content (AvgIpc) is 3.10. The van der Waals surface area contributed by atoms with Gasteiger partial charge in [0.25, 0.3) is 11.5 Å². The molecule has 0 fully saturated rings. The zero-order valence-corrected chi connectivity index (χ0v) is 17.3. The number of aromatic nitrogens is 3. The Labute approximate surface area is 182 Å². The number of aromatic amines is 1. The molecule has 0 aliphatic rings. The number of carboxylic acids is 1. The van der Waals surface area contributed by atoms with Gasteiger partial charge in [-0.15, -0.1) is 0 Å². The number of fused-ring (bicyclic) bond motifs is 1. The van der Waals surface area contributed by atoms with Crippen LogP contribution in [-0.4, -0.2) is 37.5 Å². The number of carboxylic acid groups (broad SMARTS) is 1. The fourth-order valence-electron chi connectivity index (χ4n) is 3.33. The van der Waals surface area contributed by atoms with Crippen LogP contribution in [0.15, 0.2) is 70.6 Å². The highest BCUT2D eigenvalue weighted by Gasteiger charge is 2.16. The number of nitrogens with zero attached hydrogens (tertiary/aromatic N) is 3. The van der Waals surface area contributed by atoms with Crippen molar-refractivity contribution >= 4 is 28.5 Å². The number of benzene rings is 2. The molecule has 0 bridgehead atoms. The number of hydrogen-bond acceptors (Lipinski definition) is 5. The molecular weight excluding hydrogens is 410 g/mol. The van der Waals surface area contributed by atoms with Crippen molar-refractivity contribution in [1.29, 1.82) is 0 Å². The minimum atomic E-state index is -1.08. The van der Waals surface area contributed by atoms with Crippen LogP contribution in [0.25, 0.3) is 16.7 Å². The summed E-state index contributed by atoms with van der Waals surface area (Å²) in [5.74, 6) is -1.16. The van der Waals surface area contributed by atoms with E-state index in [1.54, 1.807) is 19.9 Å². The van der Waals surface area contributed by atoms with E-state index in [-0.39, 0.29) is 16.7 Å². The molecule has 0 atom stereocenters. The Morgan fingerprint density at radius 3 is 2.44 bits per heavy atom. The molecule has 2 heterocycles. The van der Waals surface area contributed by atoms with Crippen LogP contribution in [0.5, 0.6) is 0 Å². The zero-order chi connectivity index (χ0) is 22.8. The van der Waals surface area contributed by atoms with Crippen molar-refractivity contribution in [3.63, 3.8) is 0 Å². The van der Waals surface area contributed by atoms with Gasteiger partial charge in [-0.3, -0.25) is 14.7 Å². The molecule has 1 amide bonds. The van der Waals surface area contributed by atoms with Gasteiger partial charge < -0.3 is 5.11 Å². The normalized spacial score (nSPS) is 11.5. The summed E-state index contributed by atoms with van der Waals surface area (Å²) in [5, 5.41) is 17.0. The standard InChI is InChI=1S/C23H19N5O4/c1-13(25-26-21(29)16-7-9-17(10-8-16)23(31)32)20-14(2)27-28(22(20)30)19-12-11-15-5-3-4-6-18(15)24-19/h3-12,27H,1-2H3,(H,26,29)(H,31,32)/b25-13+. The Hall–Kier alpha value is -4.53. The van der Waals surface area contributed by atoms with E-state index in [1.807, 2.05) is 30.3 Å². The maximum Gasteiger partial charge on any atom is 0.335 e. The van der Waals surface area contributed by atoms with Gasteiger partial charge in [0.1, 0.15) is 0 Å². The van der Waals surface area contributed by atoms with E-state index in [9.17, 15) is 14.4 Å². The molecule has 32 heavy (non-hydrogen) atoms. The van der Waals surface area contributed by atoms with E-state index < -0.39 is 11.9 Å². The summed E-state index contributed by atoms with van der Waals surface area (Å²) in [4.78, 5) is 40.8. The molecule has 160 valence electrons. The maximum absolute atomic E-state index is 13.0. The summed E-state index contributed by atoms with van der Waals surface area (Å²) in [6.07, 6.45) is 0. The number of rotatable bonds is 5. The van der Waals surface area contributed by atoms with Crippen molar-refractivity contribution in [1.82, 2.24) is 20.2 Å². The van der Waals surface area contributed by atoms with Crippen molar-refractivity contribution < 1.29 is 14.7 Å². The predicted octanol–water partition coefficient (Wildman–Crippen LogP) is 2.87. The third-order valence-electron chi connectivity index (χ3n) is 4.97. The Balaban J connectivity index is 1.59. The molecule has 0 radical (unpaired) electrons. The van der Waals surface area contributed by atoms with Crippen molar-refractivity contribution in [2.24, 2.45) is 5.10 Å². The molecule has 0 unspecified atom stereocenters. The van der Waals surface area contributed by atoms with Crippen molar-refractivity contribution in [3.8, 4) is 5.82 Å². The summed E-state index contributed by atoms with van der Waals surface area (Å²) in [7, 11) is 0. The molecule has 0 spiro atoms. The quantitative estimate of drug-likeness (QED) is 0.332. The maximum atomic E-state index is 13.0. The van der Waals surface area contributed by atoms with Crippen molar-refractivity contribution in [3.05, 3.63) is 93.4 Å².